The van der Waals surface area contributed by atoms with Crippen molar-refractivity contribution < 1.29 is 14.2 Å². The molecule has 0 saturated heterocycles. The van der Waals surface area contributed by atoms with Crippen molar-refractivity contribution >= 4 is 0 Å². The van der Waals surface area contributed by atoms with Crippen LogP contribution in [0, 0.1) is 17.1 Å². The van der Waals surface area contributed by atoms with Crippen molar-refractivity contribution in [2.75, 3.05) is 0 Å². The van der Waals surface area contributed by atoms with E-state index in [1.807, 2.05) is 6.07 Å². The van der Waals surface area contributed by atoms with Gasteiger partial charge in [0.25, 0.3) is 0 Å². The molecule has 2 aromatic rings. The number of hydrogen-bond acceptors (Lipinski definition) is 3. The van der Waals surface area contributed by atoms with Crippen LogP contribution in [0.1, 0.15) is 24.2 Å². The molecule has 19 heavy (non-hydrogen) atoms. The van der Waals surface area contributed by atoms with Gasteiger partial charge in [-0.25, -0.2) is 4.39 Å². The minimum atomic E-state index is -0.843. The number of aliphatic hydroxyl groups excluding tert-OH is 1. The fourth-order valence-electron chi connectivity index (χ4n) is 1.71. The third-order valence-electron chi connectivity index (χ3n) is 2.63. The van der Waals surface area contributed by atoms with Gasteiger partial charge in [0.2, 0.25) is 0 Å². The molecule has 1 N–H and O–H groups in total. The molecule has 1 atom stereocenters. The summed E-state index contributed by atoms with van der Waals surface area (Å²) in [5.41, 5.74) is 0.787. The molecule has 0 fully saturated rings. The number of rotatable bonds is 3. The van der Waals surface area contributed by atoms with E-state index in [1.165, 1.54) is 25.1 Å². The zero-order chi connectivity index (χ0) is 13.8. The molecule has 0 aliphatic carbocycles. The van der Waals surface area contributed by atoms with Gasteiger partial charge in [-0.2, -0.15) is 5.26 Å². The minimum Gasteiger partial charge on any atom is -0.454 e. The molecule has 0 aromatic heterocycles. The minimum absolute atomic E-state index is 0.0208. The number of nitrogens with zero attached hydrogens (tertiary/aromatic N) is 1. The predicted octanol–water partition coefficient (Wildman–Crippen LogP) is 3.54. The van der Waals surface area contributed by atoms with Crippen molar-refractivity contribution in [3.63, 3.8) is 0 Å². The highest BCUT2D eigenvalue weighted by Gasteiger charge is 2.14. The van der Waals surface area contributed by atoms with Crippen molar-refractivity contribution in [1.29, 1.82) is 5.26 Å². The fraction of sp³-hybridized carbons (Fsp3) is 0.133. The molecule has 0 radical (unpaired) electrons. The van der Waals surface area contributed by atoms with Gasteiger partial charge in [-0.05, 0) is 31.2 Å². The second kappa shape index (κ2) is 5.51. The maximum absolute atomic E-state index is 13.8. The van der Waals surface area contributed by atoms with Crippen LogP contribution in [-0.2, 0) is 0 Å². The molecule has 2 aromatic carbocycles. The largest absolute Gasteiger partial charge is 0.454 e. The number of ether oxygens (including phenoxy) is 1. The van der Waals surface area contributed by atoms with E-state index in [1.54, 1.807) is 24.3 Å². The first-order valence-electron chi connectivity index (χ1n) is 5.76. The summed E-state index contributed by atoms with van der Waals surface area (Å²) < 4.78 is 19.2. The number of aliphatic hydroxyl groups is 1. The standard InChI is InChI=1S/C15H12FNO2/c1-10(18)13-6-3-7-14(16)15(13)19-12-5-2-4-11(8-12)9-17/h2-8,10,18H,1H3/t10-/m0/s1. The molecule has 2 rings (SSSR count). The molecule has 0 bridgehead atoms. The molecular weight excluding hydrogens is 245 g/mol. The Hall–Kier alpha value is -2.38. The number of para-hydroxylation sites is 1. The summed E-state index contributed by atoms with van der Waals surface area (Å²) >= 11 is 0. The summed E-state index contributed by atoms with van der Waals surface area (Å²) in [5, 5.41) is 18.4. The van der Waals surface area contributed by atoms with Crippen molar-refractivity contribution in [1.82, 2.24) is 0 Å². The topological polar surface area (TPSA) is 53.2 Å². The summed E-state index contributed by atoms with van der Waals surface area (Å²) in [6.45, 7) is 1.54. The van der Waals surface area contributed by atoms with Gasteiger partial charge in [0, 0.05) is 5.56 Å². The number of halogens is 1. The summed E-state index contributed by atoms with van der Waals surface area (Å²) in [6.07, 6.45) is -0.843. The summed E-state index contributed by atoms with van der Waals surface area (Å²) in [7, 11) is 0. The zero-order valence-corrected chi connectivity index (χ0v) is 10.3. The maximum Gasteiger partial charge on any atom is 0.168 e. The molecule has 0 unspecified atom stereocenters. The van der Waals surface area contributed by atoms with E-state index in [0.29, 0.717) is 16.9 Å². The van der Waals surface area contributed by atoms with Crippen LogP contribution in [0.4, 0.5) is 4.39 Å². The molecule has 0 aliphatic rings. The van der Waals surface area contributed by atoms with E-state index in [-0.39, 0.29) is 5.75 Å². The molecule has 0 spiro atoms. The van der Waals surface area contributed by atoms with Gasteiger partial charge in [-0.1, -0.05) is 18.2 Å². The highest BCUT2D eigenvalue weighted by molar-refractivity contribution is 5.42. The molecule has 0 aliphatic heterocycles. The van der Waals surface area contributed by atoms with E-state index >= 15 is 0 Å². The summed E-state index contributed by atoms with van der Waals surface area (Å²) in [5.74, 6) is -0.223. The van der Waals surface area contributed by atoms with Crippen LogP contribution in [0.25, 0.3) is 0 Å². The molecule has 0 heterocycles. The second-order valence-electron chi connectivity index (χ2n) is 4.08. The van der Waals surface area contributed by atoms with Gasteiger partial charge in [0.15, 0.2) is 11.6 Å². The number of nitriles is 1. The third-order valence-corrected chi connectivity index (χ3v) is 2.63. The van der Waals surface area contributed by atoms with E-state index < -0.39 is 11.9 Å². The average molecular weight is 257 g/mol. The Labute approximate surface area is 110 Å². The van der Waals surface area contributed by atoms with Gasteiger partial charge in [-0.15, -0.1) is 0 Å². The third kappa shape index (κ3) is 2.90. The van der Waals surface area contributed by atoms with Gasteiger partial charge >= 0.3 is 0 Å². The normalized spacial score (nSPS) is 11.7. The Kier molecular flexibility index (Phi) is 3.79. The summed E-state index contributed by atoms with van der Waals surface area (Å²) in [6, 6.07) is 12.8. The molecule has 0 amide bonds. The maximum atomic E-state index is 13.8. The van der Waals surface area contributed by atoms with Crippen LogP contribution in [0.3, 0.4) is 0 Å². The zero-order valence-electron chi connectivity index (χ0n) is 10.3. The number of hydrogen-bond donors (Lipinski definition) is 1. The molecule has 3 nitrogen and oxygen atoms in total. The van der Waals surface area contributed by atoms with Crippen LogP contribution >= 0.6 is 0 Å². The van der Waals surface area contributed by atoms with Gasteiger partial charge < -0.3 is 9.84 Å². The lowest BCUT2D eigenvalue weighted by molar-refractivity contribution is 0.194. The van der Waals surface area contributed by atoms with E-state index in [9.17, 15) is 9.50 Å². The quantitative estimate of drug-likeness (QED) is 0.914. The summed E-state index contributed by atoms with van der Waals surface area (Å²) in [4.78, 5) is 0. The van der Waals surface area contributed by atoms with Crippen molar-refractivity contribution in [3.8, 4) is 17.6 Å². The highest BCUT2D eigenvalue weighted by Crippen LogP contribution is 2.32. The molecule has 0 saturated carbocycles. The first-order valence-corrected chi connectivity index (χ1v) is 5.76. The average Bonchev–Trinajstić information content (AvgIpc) is 2.41. The lowest BCUT2D eigenvalue weighted by Gasteiger charge is -2.13. The lowest BCUT2D eigenvalue weighted by atomic mass is 10.1. The Balaban J connectivity index is 2.40. The SMILES string of the molecule is C[C@H](O)c1cccc(F)c1Oc1cccc(C#N)c1. The predicted molar refractivity (Wildman–Crippen MR) is 68.3 cm³/mol. The van der Waals surface area contributed by atoms with Crippen LogP contribution < -0.4 is 4.74 Å². The van der Waals surface area contributed by atoms with Crippen LogP contribution in [0.2, 0.25) is 0 Å². The van der Waals surface area contributed by atoms with Crippen molar-refractivity contribution in [3.05, 3.63) is 59.4 Å². The smallest absolute Gasteiger partial charge is 0.168 e. The van der Waals surface area contributed by atoms with Gasteiger partial charge in [0.1, 0.15) is 5.75 Å². The second-order valence-corrected chi connectivity index (χ2v) is 4.08. The first-order chi connectivity index (χ1) is 9.11. The van der Waals surface area contributed by atoms with Gasteiger partial charge in [-0.3, -0.25) is 0 Å². The molecule has 96 valence electrons. The Morgan fingerprint density at radius 2 is 2.00 bits per heavy atom. The highest BCUT2D eigenvalue weighted by atomic mass is 19.1. The van der Waals surface area contributed by atoms with Crippen LogP contribution in [0.15, 0.2) is 42.5 Å². The van der Waals surface area contributed by atoms with Crippen molar-refractivity contribution in [2.24, 2.45) is 0 Å². The first kappa shape index (κ1) is 13.1. The Bertz CT molecular complexity index is 632. The van der Waals surface area contributed by atoms with E-state index in [2.05, 4.69) is 0 Å². The van der Waals surface area contributed by atoms with E-state index in [4.69, 9.17) is 10.00 Å². The molecular formula is C15H12FNO2. The van der Waals surface area contributed by atoms with Gasteiger partial charge in [0.05, 0.1) is 17.7 Å². The van der Waals surface area contributed by atoms with Crippen LogP contribution in [0.5, 0.6) is 11.5 Å². The Morgan fingerprint density at radius 3 is 2.68 bits per heavy atom. The lowest BCUT2D eigenvalue weighted by Crippen LogP contribution is -1.98. The Morgan fingerprint density at radius 1 is 1.26 bits per heavy atom. The molecule has 4 heteroatoms. The number of benzene rings is 2. The fourth-order valence-corrected chi connectivity index (χ4v) is 1.71. The van der Waals surface area contributed by atoms with Crippen molar-refractivity contribution in [2.45, 2.75) is 13.0 Å². The van der Waals surface area contributed by atoms with E-state index in [0.717, 1.165) is 0 Å². The monoisotopic (exact) mass is 257 g/mol. The van der Waals surface area contributed by atoms with Crippen LogP contribution in [-0.4, -0.2) is 5.11 Å².